The van der Waals surface area contributed by atoms with Crippen LogP contribution in [0.1, 0.15) is 29.4 Å². The predicted molar refractivity (Wildman–Crippen MR) is 140 cm³/mol. The van der Waals surface area contributed by atoms with Crippen molar-refractivity contribution in [2.24, 2.45) is 5.92 Å². The molecule has 0 saturated carbocycles. The number of methoxy groups -OCH3 is 1. The van der Waals surface area contributed by atoms with Gasteiger partial charge < -0.3 is 18.8 Å². The lowest BCUT2D eigenvalue weighted by atomic mass is 9.89. The molecule has 0 aliphatic carbocycles. The lowest BCUT2D eigenvalue weighted by molar-refractivity contribution is -0.145. The third-order valence-electron chi connectivity index (χ3n) is 6.98. The van der Waals surface area contributed by atoms with Crippen molar-refractivity contribution in [1.82, 2.24) is 9.88 Å². The average Bonchev–Trinajstić information content (AvgIpc) is 3.55. The van der Waals surface area contributed by atoms with Crippen LogP contribution in [0.25, 0.3) is 22.2 Å². The summed E-state index contributed by atoms with van der Waals surface area (Å²) in [6, 6.07) is 24.1. The van der Waals surface area contributed by atoms with E-state index in [1.54, 1.807) is 4.90 Å². The number of amides is 1. The first-order valence-electron chi connectivity index (χ1n) is 12.5. The molecule has 2 atom stereocenters. The van der Waals surface area contributed by atoms with E-state index < -0.39 is 12.0 Å². The van der Waals surface area contributed by atoms with Crippen molar-refractivity contribution in [2.75, 3.05) is 26.8 Å². The van der Waals surface area contributed by atoms with Crippen molar-refractivity contribution in [1.29, 1.82) is 0 Å². The van der Waals surface area contributed by atoms with Crippen molar-refractivity contribution in [3.05, 3.63) is 89.8 Å². The monoisotopic (exact) mass is 498 g/mol. The zero-order chi connectivity index (χ0) is 25.8. The van der Waals surface area contributed by atoms with Crippen molar-refractivity contribution >= 4 is 22.8 Å². The van der Waals surface area contributed by atoms with Gasteiger partial charge in [-0.15, -0.1) is 0 Å². The van der Waals surface area contributed by atoms with Gasteiger partial charge in [-0.2, -0.15) is 0 Å². The molecule has 7 heteroatoms. The van der Waals surface area contributed by atoms with Gasteiger partial charge in [-0.25, -0.2) is 9.78 Å². The fourth-order valence-corrected chi connectivity index (χ4v) is 4.98. The number of nitrogens with zero attached hydrogens (tertiary/aromatic N) is 2. The van der Waals surface area contributed by atoms with E-state index in [1.165, 1.54) is 12.5 Å². The molecule has 0 spiro atoms. The van der Waals surface area contributed by atoms with E-state index in [4.69, 9.17) is 18.9 Å². The minimum atomic E-state index is -0.416. The van der Waals surface area contributed by atoms with Crippen LogP contribution in [-0.2, 0) is 20.7 Å². The smallest absolute Gasteiger partial charge is 0.409 e. The highest BCUT2D eigenvalue weighted by Gasteiger charge is 2.41. The Balaban J connectivity index is 1.16. The Morgan fingerprint density at radius 1 is 1.00 bits per heavy atom. The number of fused-ring (bicyclic) bond motifs is 1. The van der Waals surface area contributed by atoms with E-state index in [0.717, 1.165) is 28.0 Å². The number of carbonyl (C=O) groups is 2. The molecule has 190 valence electrons. The van der Waals surface area contributed by atoms with E-state index in [1.807, 2.05) is 55.5 Å². The fraction of sp³-hybridized carbons (Fsp3) is 0.300. The number of oxazole rings is 1. The number of hydrogen-bond donors (Lipinski definition) is 0. The molecular formula is C30H30N2O5. The molecule has 0 N–H and O–H groups in total. The topological polar surface area (TPSA) is 81.9 Å². The van der Waals surface area contributed by atoms with Gasteiger partial charge in [0, 0.05) is 24.6 Å². The third-order valence-corrected chi connectivity index (χ3v) is 6.98. The number of likely N-dealkylation sites (tertiary alicyclic amines) is 1. The van der Waals surface area contributed by atoms with Crippen molar-refractivity contribution < 1.29 is 23.5 Å². The quantitative estimate of drug-likeness (QED) is 0.238. The van der Waals surface area contributed by atoms with Crippen LogP contribution in [0.3, 0.4) is 0 Å². The van der Waals surface area contributed by atoms with Crippen LogP contribution in [0.5, 0.6) is 0 Å². The molecular weight excluding hydrogens is 468 g/mol. The summed E-state index contributed by atoms with van der Waals surface area (Å²) in [5, 5.41) is 2.30. The van der Waals surface area contributed by atoms with Gasteiger partial charge in [-0.3, -0.25) is 4.79 Å². The summed E-state index contributed by atoms with van der Waals surface area (Å²) in [6.45, 7) is 2.86. The Bertz CT molecular complexity index is 1400. The maximum absolute atomic E-state index is 12.8. The van der Waals surface area contributed by atoms with Crippen LogP contribution in [0.15, 0.2) is 77.2 Å². The summed E-state index contributed by atoms with van der Waals surface area (Å²) in [7, 11) is 1.38. The summed E-state index contributed by atoms with van der Waals surface area (Å²) in [5.74, 6) is 0.514. The van der Waals surface area contributed by atoms with Gasteiger partial charge in [0.25, 0.3) is 0 Å². The standard InChI is InChI=1S/C30H30N2O5/c1-20-27(31-28(37-20)24-15-14-21-9-6-7-12-23(21)17-24)13-8-16-36-30(34)32-18-25(22-10-4-3-5-11-22)26(19-32)29(33)35-2/h3-7,9-12,14-15,17,25-26H,8,13,16,18-19H2,1-2H3. The second kappa shape index (κ2) is 10.9. The van der Waals surface area contributed by atoms with E-state index in [2.05, 4.69) is 24.3 Å². The van der Waals surface area contributed by atoms with E-state index in [0.29, 0.717) is 25.3 Å². The molecule has 1 aliphatic heterocycles. The fourth-order valence-electron chi connectivity index (χ4n) is 4.98. The molecule has 0 bridgehead atoms. The number of ether oxygens (including phenoxy) is 2. The molecule has 5 rings (SSSR count). The third kappa shape index (κ3) is 5.35. The zero-order valence-corrected chi connectivity index (χ0v) is 21.1. The Morgan fingerprint density at radius 3 is 2.54 bits per heavy atom. The molecule has 1 aliphatic rings. The molecule has 1 saturated heterocycles. The molecule has 3 aromatic carbocycles. The summed E-state index contributed by atoms with van der Waals surface area (Å²) in [4.78, 5) is 31.4. The molecule has 4 aromatic rings. The Kier molecular flexibility index (Phi) is 7.21. The van der Waals surface area contributed by atoms with Crippen LogP contribution < -0.4 is 0 Å². The normalized spacial score (nSPS) is 17.2. The molecule has 2 unspecified atom stereocenters. The molecule has 1 fully saturated rings. The van der Waals surface area contributed by atoms with Gasteiger partial charge in [-0.1, -0.05) is 60.7 Å². The molecule has 7 nitrogen and oxygen atoms in total. The lowest BCUT2D eigenvalue weighted by Gasteiger charge is -2.16. The predicted octanol–water partition coefficient (Wildman–Crippen LogP) is 5.76. The van der Waals surface area contributed by atoms with E-state index in [-0.39, 0.29) is 25.0 Å². The first-order valence-corrected chi connectivity index (χ1v) is 12.5. The SMILES string of the molecule is COC(=O)C1CN(C(=O)OCCCc2nc(-c3ccc4ccccc4c3)oc2C)CC1c1ccccc1. The highest BCUT2D eigenvalue weighted by atomic mass is 16.6. The number of aryl methyl sites for hydroxylation is 2. The van der Waals surface area contributed by atoms with E-state index in [9.17, 15) is 9.59 Å². The summed E-state index contributed by atoms with van der Waals surface area (Å²) < 4.78 is 16.5. The molecule has 1 amide bonds. The van der Waals surface area contributed by atoms with Crippen LogP contribution >= 0.6 is 0 Å². The highest BCUT2D eigenvalue weighted by Crippen LogP contribution is 2.34. The summed E-state index contributed by atoms with van der Waals surface area (Å²) >= 11 is 0. The lowest BCUT2D eigenvalue weighted by Crippen LogP contribution is -2.31. The van der Waals surface area contributed by atoms with Gasteiger partial charge in [0.1, 0.15) is 5.76 Å². The maximum atomic E-state index is 12.8. The van der Waals surface area contributed by atoms with Gasteiger partial charge in [0.05, 0.1) is 25.3 Å². The summed E-state index contributed by atoms with van der Waals surface area (Å²) in [6.07, 6.45) is 0.835. The molecule has 37 heavy (non-hydrogen) atoms. The second-order valence-corrected chi connectivity index (χ2v) is 9.35. The number of carbonyl (C=O) groups excluding carboxylic acids is 2. The summed E-state index contributed by atoms with van der Waals surface area (Å²) in [5.41, 5.74) is 2.80. The molecule has 2 heterocycles. The minimum absolute atomic E-state index is 0.118. The van der Waals surface area contributed by atoms with Crippen molar-refractivity contribution in [3.63, 3.8) is 0 Å². The Labute approximate surface area is 216 Å². The maximum Gasteiger partial charge on any atom is 0.409 e. The first-order chi connectivity index (χ1) is 18.0. The zero-order valence-electron chi connectivity index (χ0n) is 21.1. The van der Waals surface area contributed by atoms with Gasteiger partial charge in [-0.05, 0) is 48.2 Å². The number of esters is 1. The van der Waals surface area contributed by atoms with Gasteiger partial charge in [0.2, 0.25) is 5.89 Å². The number of aromatic nitrogens is 1. The number of rotatable bonds is 7. The van der Waals surface area contributed by atoms with Crippen molar-refractivity contribution in [3.8, 4) is 11.5 Å². The van der Waals surface area contributed by atoms with Crippen LogP contribution in [-0.4, -0.2) is 48.8 Å². The van der Waals surface area contributed by atoms with E-state index >= 15 is 0 Å². The highest BCUT2D eigenvalue weighted by molar-refractivity contribution is 5.86. The second-order valence-electron chi connectivity index (χ2n) is 9.35. The van der Waals surface area contributed by atoms with Crippen LogP contribution in [0.4, 0.5) is 4.79 Å². The molecule has 1 aromatic heterocycles. The number of hydrogen-bond acceptors (Lipinski definition) is 6. The van der Waals surface area contributed by atoms with Crippen LogP contribution in [0.2, 0.25) is 0 Å². The Hall–Kier alpha value is -4.13. The van der Waals surface area contributed by atoms with Gasteiger partial charge in [0.15, 0.2) is 0 Å². The average molecular weight is 499 g/mol. The number of benzene rings is 3. The Morgan fingerprint density at radius 2 is 1.76 bits per heavy atom. The minimum Gasteiger partial charge on any atom is -0.469 e. The first kappa shape index (κ1) is 24.6. The largest absolute Gasteiger partial charge is 0.469 e. The van der Waals surface area contributed by atoms with Crippen molar-refractivity contribution in [2.45, 2.75) is 25.7 Å². The van der Waals surface area contributed by atoms with Gasteiger partial charge >= 0.3 is 12.1 Å². The van der Waals surface area contributed by atoms with Crippen LogP contribution in [0, 0.1) is 12.8 Å². The molecule has 0 radical (unpaired) electrons.